The number of rotatable bonds is 3. The predicted molar refractivity (Wildman–Crippen MR) is 67.5 cm³/mol. The lowest BCUT2D eigenvalue weighted by atomic mass is 10.1. The number of carbonyl (C=O) groups excluding carboxylic acids is 1. The standard InChI is InChI=1S/C11H18N2O4S/c14-8-4-9(11(16)17)13(5-8)10(15)3-7-6-18-2-1-12-7/h7-9,12,14H,1-6H2,(H,16,17)/t7?,8-,9+/m1/s1. The topological polar surface area (TPSA) is 89.9 Å². The van der Waals surface area contributed by atoms with Gasteiger partial charge in [-0.2, -0.15) is 11.8 Å². The van der Waals surface area contributed by atoms with Gasteiger partial charge in [0.1, 0.15) is 6.04 Å². The zero-order chi connectivity index (χ0) is 13.1. The van der Waals surface area contributed by atoms with Crippen LogP contribution in [0.15, 0.2) is 0 Å². The molecule has 2 rings (SSSR count). The van der Waals surface area contributed by atoms with Crippen molar-refractivity contribution in [2.75, 3.05) is 24.6 Å². The molecule has 0 aromatic carbocycles. The molecule has 3 atom stereocenters. The van der Waals surface area contributed by atoms with Crippen molar-refractivity contribution in [3.05, 3.63) is 0 Å². The van der Waals surface area contributed by atoms with Crippen molar-refractivity contribution in [3.8, 4) is 0 Å². The van der Waals surface area contributed by atoms with Gasteiger partial charge in [-0.05, 0) is 0 Å². The van der Waals surface area contributed by atoms with Crippen molar-refractivity contribution in [2.24, 2.45) is 0 Å². The van der Waals surface area contributed by atoms with Crippen molar-refractivity contribution in [1.82, 2.24) is 10.2 Å². The number of aliphatic hydroxyl groups is 1. The Hall–Kier alpha value is -0.790. The first-order valence-corrected chi connectivity index (χ1v) is 7.25. The van der Waals surface area contributed by atoms with E-state index in [4.69, 9.17) is 5.11 Å². The van der Waals surface area contributed by atoms with Crippen molar-refractivity contribution in [2.45, 2.75) is 31.0 Å². The number of nitrogens with one attached hydrogen (secondary N) is 1. The fourth-order valence-electron chi connectivity index (χ4n) is 2.40. The summed E-state index contributed by atoms with van der Waals surface area (Å²) in [6, 6.07) is -0.757. The second kappa shape index (κ2) is 5.90. The number of carboxylic acid groups (broad SMARTS) is 1. The summed E-state index contributed by atoms with van der Waals surface area (Å²) in [5.74, 6) is 0.704. The lowest BCUT2D eigenvalue weighted by Crippen LogP contribution is -2.46. The lowest BCUT2D eigenvalue weighted by molar-refractivity contribution is -0.148. The quantitative estimate of drug-likeness (QED) is 0.620. The molecule has 2 fully saturated rings. The minimum atomic E-state index is -1.04. The monoisotopic (exact) mass is 274 g/mol. The number of nitrogens with zero attached hydrogens (tertiary/aromatic N) is 1. The summed E-state index contributed by atoms with van der Waals surface area (Å²) in [7, 11) is 0. The molecule has 0 aromatic rings. The Kier molecular flexibility index (Phi) is 4.47. The molecule has 2 heterocycles. The first kappa shape index (κ1) is 13.6. The van der Waals surface area contributed by atoms with Gasteiger partial charge in [-0.25, -0.2) is 4.79 Å². The number of likely N-dealkylation sites (tertiary alicyclic amines) is 1. The molecule has 0 aliphatic carbocycles. The highest BCUT2D eigenvalue weighted by molar-refractivity contribution is 7.99. The van der Waals surface area contributed by atoms with Crippen LogP contribution in [0.3, 0.4) is 0 Å². The Morgan fingerprint density at radius 3 is 2.83 bits per heavy atom. The van der Waals surface area contributed by atoms with Gasteiger partial charge in [-0.3, -0.25) is 4.79 Å². The van der Waals surface area contributed by atoms with Gasteiger partial charge in [0, 0.05) is 43.5 Å². The summed E-state index contributed by atoms with van der Waals surface area (Å²) in [5, 5.41) is 21.8. The van der Waals surface area contributed by atoms with Crippen molar-refractivity contribution < 1.29 is 19.8 Å². The zero-order valence-corrected chi connectivity index (χ0v) is 10.9. The Morgan fingerprint density at radius 2 is 2.22 bits per heavy atom. The molecular formula is C11H18N2O4S. The fraction of sp³-hybridized carbons (Fsp3) is 0.818. The highest BCUT2D eigenvalue weighted by atomic mass is 32.2. The van der Waals surface area contributed by atoms with Crippen molar-refractivity contribution in [3.63, 3.8) is 0 Å². The van der Waals surface area contributed by atoms with Gasteiger partial charge in [0.25, 0.3) is 0 Å². The number of β-amino-alcohol motifs (C(OH)–C–C–N with tert-alkyl or cyclic N) is 1. The third-order valence-corrected chi connectivity index (χ3v) is 4.43. The zero-order valence-electron chi connectivity index (χ0n) is 10.0. The van der Waals surface area contributed by atoms with E-state index >= 15 is 0 Å². The molecule has 0 bridgehead atoms. The fourth-order valence-corrected chi connectivity index (χ4v) is 3.35. The summed E-state index contributed by atoms with van der Waals surface area (Å²) in [5.41, 5.74) is 0. The van der Waals surface area contributed by atoms with Crippen LogP contribution in [0.2, 0.25) is 0 Å². The molecule has 7 heteroatoms. The normalized spacial score (nSPS) is 32.5. The van der Waals surface area contributed by atoms with Gasteiger partial charge in [0.2, 0.25) is 5.91 Å². The third-order valence-electron chi connectivity index (χ3n) is 3.30. The maximum absolute atomic E-state index is 12.1. The second-order valence-corrected chi connectivity index (χ2v) is 5.87. The van der Waals surface area contributed by atoms with Crippen LogP contribution >= 0.6 is 11.8 Å². The van der Waals surface area contributed by atoms with E-state index in [0.717, 1.165) is 18.1 Å². The highest BCUT2D eigenvalue weighted by Gasteiger charge is 2.39. The summed E-state index contributed by atoms with van der Waals surface area (Å²) in [4.78, 5) is 24.4. The average molecular weight is 274 g/mol. The van der Waals surface area contributed by atoms with Gasteiger partial charge in [0.05, 0.1) is 6.10 Å². The molecular weight excluding hydrogens is 256 g/mol. The summed E-state index contributed by atoms with van der Waals surface area (Å²) in [6.07, 6.45) is -0.277. The van der Waals surface area contributed by atoms with E-state index in [2.05, 4.69) is 5.32 Å². The Labute approximate surface area is 110 Å². The minimum Gasteiger partial charge on any atom is -0.480 e. The first-order chi connectivity index (χ1) is 8.58. The number of aliphatic carboxylic acids is 1. The maximum Gasteiger partial charge on any atom is 0.326 e. The molecule has 0 spiro atoms. The van der Waals surface area contributed by atoms with E-state index in [0.29, 0.717) is 6.42 Å². The van der Waals surface area contributed by atoms with Crippen molar-refractivity contribution in [1.29, 1.82) is 0 Å². The molecule has 1 amide bonds. The number of amides is 1. The Bertz CT molecular complexity index is 333. The summed E-state index contributed by atoms with van der Waals surface area (Å²) < 4.78 is 0. The van der Waals surface area contributed by atoms with Gasteiger partial charge < -0.3 is 20.4 Å². The van der Waals surface area contributed by atoms with Crippen LogP contribution in [0.25, 0.3) is 0 Å². The SMILES string of the molecule is O=C(O)[C@@H]1C[C@@H](O)CN1C(=O)CC1CSCCN1. The minimum absolute atomic E-state index is 0.114. The molecule has 102 valence electrons. The van der Waals surface area contributed by atoms with Crippen LogP contribution in [-0.2, 0) is 9.59 Å². The van der Waals surface area contributed by atoms with E-state index in [1.165, 1.54) is 4.90 Å². The van der Waals surface area contributed by atoms with Crippen LogP contribution in [0, 0.1) is 0 Å². The van der Waals surface area contributed by atoms with Gasteiger partial charge in [-0.15, -0.1) is 0 Å². The summed E-state index contributed by atoms with van der Waals surface area (Å²) in [6.45, 7) is 1.02. The molecule has 6 nitrogen and oxygen atoms in total. The molecule has 1 unspecified atom stereocenters. The van der Waals surface area contributed by atoms with Crippen LogP contribution < -0.4 is 5.32 Å². The molecule has 2 aliphatic heterocycles. The lowest BCUT2D eigenvalue weighted by Gasteiger charge is -2.26. The maximum atomic E-state index is 12.1. The smallest absolute Gasteiger partial charge is 0.326 e. The largest absolute Gasteiger partial charge is 0.480 e. The number of hydrogen-bond donors (Lipinski definition) is 3. The molecule has 2 saturated heterocycles. The molecule has 2 aliphatic rings. The number of aliphatic hydroxyl groups excluding tert-OH is 1. The van der Waals surface area contributed by atoms with E-state index in [-0.39, 0.29) is 24.9 Å². The van der Waals surface area contributed by atoms with Gasteiger partial charge >= 0.3 is 5.97 Å². The second-order valence-electron chi connectivity index (χ2n) is 4.72. The van der Waals surface area contributed by atoms with E-state index < -0.39 is 18.1 Å². The highest BCUT2D eigenvalue weighted by Crippen LogP contribution is 2.20. The van der Waals surface area contributed by atoms with E-state index in [1.54, 1.807) is 11.8 Å². The summed E-state index contributed by atoms with van der Waals surface area (Å²) >= 11 is 1.80. The molecule has 0 saturated carbocycles. The predicted octanol–water partition coefficient (Wildman–Crippen LogP) is -0.872. The number of thioether (sulfide) groups is 1. The molecule has 18 heavy (non-hydrogen) atoms. The molecule has 0 aromatic heterocycles. The molecule has 0 radical (unpaired) electrons. The number of carboxylic acids is 1. The number of carbonyl (C=O) groups is 2. The van der Waals surface area contributed by atoms with Crippen LogP contribution in [0.5, 0.6) is 0 Å². The van der Waals surface area contributed by atoms with E-state index in [1.807, 2.05) is 0 Å². The number of hydrogen-bond acceptors (Lipinski definition) is 5. The van der Waals surface area contributed by atoms with E-state index in [9.17, 15) is 14.7 Å². The third kappa shape index (κ3) is 3.15. The van der Waals surface area contributed by atoms with Gasteiger partial charge in [-0.1, -0.05) is 0 Å². The van der Waals surface area contributed by atoms with Gasteiger partial charge in [0.15, 0.2) is 0 Å². The van der Waals surface area contributed by atoms with Crippen molar-refractivity contribution >= 4 is 23.6 Å². The Morgan fingerprint density at radius 1 is 1.44 bits per heavy atom. The average Bonchev–Trinajstić information content (AvgIpc) is 2.73. The Balaban J connectivity index is 1.92. The molecule has 3 N–H and O–H groups in total. The van der Waals surface area contributed by atoms with Crippen LogP contribution in [-0.4, -0.2) is 69.8 Å². The first-order valence-electron chi connectivity index (χ1n) is 6.09. The van der Waals surface area contributed by atoms with Crippen LogP contribution in [0.1, 0.15) is 12.8 Å². The van der Waals surface area contributed by atoms with Crippen LogP contribution in [0.4, 0.5) is 0 Å².